The van der Waals surface area contributed by atoms with Gasteiger partial charge < -0.3 is 15.4 Å². The number of rotatable bonds is 6. The van der Waals surface area contributed by atoms with E-state index in [0.29, 0.717) is 18.7 Å². The average Bonchev–Trinajstić information content (AvgIpc) is 2.53. The number of pyridine rings is 1. The zero-order valence-corrected chi connectivity index (χ0v) is 13.0. The van der Waals surface area contributed by atoms with Crippen molar-refractivity contribution in [1.29, 1.82) is 0 Å². The Hall–Kier alpha value is -2.11. The van der Waals surface area contributed by atoms with Crippen LogP contribution in [0.25, 0.3) is 0 Å². The van der Waals surface area contributed by atoms with Gasteiger partial charge in [-0.1, -0.05) is 13.3 Å². The number of amides is 2. The van der Waals surface area contributed by atoms with Crippen molar-refractivity contribution in [3.63, 3.8) is 0 Å². The highest BCUT2D eigenvalue weighted by Crippen LogP contribution is 2.19. The number of hydrogen-bond acceptors (Lipinski definition) is 4. The Morgan fingerprint density at radius 2 is 2.32 bits per heavy atom. The summed E-state index contributed by atoms with van der Waals surface area (Å²) in [5, 5.41) is 0. The van der Waals surface area contributed by atoms with Crippen molar-refractivity contribution >= 4 is 11.8 Å². The van der Waals surface area contributed by atoms with Crippen molar-refractivity contribution in [2.45, 2.75) is 45.1 Å². The largest absolute Gasteiger partial charge is 0.488 e. The van der Waals surface area contributed by atoms with Crippen molar-refractivity contribution in [2.75, 3.05) is 13.1 Å². The van der Waals surface area contributed by atoms with Gasteiger partial charge in [-0.2, -0.15) is 0 Å². The third-order valence-electron chi connectivity index (χ3n) is 3.76. The van der Waals surface area contributed by atoms with Gasteiger partial charge in [-0.05, 0) is 25.3 Å². The number of primary amides is 1. The lowest BCUT2D eigenvalue weighted by atomic mass is 10.1. The van der Waals surface area contributed by atoms with Crippen molar-refractivity contribution in [2.24, 2.45) is 5.73 Å². The first-order valence-electron chi connectivity index (χ1n) is 7.80. The number of piperidine rings is 1. The summed E-state index contributed by atoms with van der Waals surface area (Å²) < 4.78 is 5.89. The molecule has 0 saturated carbocycles. The molecule has 0 aliphatic carbocycles. The second-order valence-electron chi connectivity index (χ2n) is 5.57. The van der Waals surface area contributed by atoms with E-state index in [1.807, 2.05) is 4.90 Å². The number of unbranched alkanes of at least 4 members (excludes halogenated alkanes) is 1. The first-order chi connectivity index (χ1) is 10.6. The molecule has 0 aromatic carbocycles. The molecule has 2 N–H and O–H groups in total. The molecule has 1 aromatic rings. The number of hydrogen-bond donors (Lipinski definition) is 1. The van der Waals surface area contributed by atoms with Crippen LogP contribution in [0.5, 0.6) is 5.75 Å². The molecule has 2 rings (SSSR count). The summed E-state index contributed by atoms with van der Waals surface area (Å²) in [6.07, 6.45) is 5.82. The van der Waals surface area contributed by atoms with E-state index < -0.39 is 5.91 Å². The number of carbonyl (C=O) groups excluding carboxylic acids is 2. The number of carbonyl (C=O) groups is 2. The van der Waals surface area contributed by atoms with Gasteiger partial charge in [-0.3, -0.25) is 14.6 Å². The molecule has 1 saturated heterocycles. The van der Waals surface area contributed by atoms with Crippen molar-refractivity contribution in [1.82, 2.24) is 9.88 Å². The molecule has 2 amide bonds. The Labute approximate surface area is 130 Å². The number of likely N-dealkylation sites (tertiary alicyclic amines) is 1. The van der Waals surface area contributed by atoms with E-state index >= 15 is 0 Å². The molecule has 6 heteroatoms. The van der Waals surface area contributed by atoms with Gasteiger partial charge in [0.15, 0.2) is 0 Å². The summed E-state index contributed by atoms with van der Waals surface area (Å²) in [7, 11) is 0. The maximum atomic E-state index is 12.1. The van der Waals surface area contributed by atoms with E-state index in [1.54, 1.807) is 12.1 Å². The molecule has 22 heavy (non-hydrogen) atoms. The summed E-state index contributed by atoms with van der Waals surface area (Å²) in [6.45, 7) is 3.47. The predicted molar refractivity (Wildman–Crippen MR) is 82.5 cm³/mol. The fraction of sp³-hybridized carbons (Fsp3) is 0.562. The van der Waals surface area contributed by atoms with E-state index in [0.717, 1.165) is 32.2 Å². The Morgan fingerprint density at radius 3 is 3.05 bits per heavy atom. The highest BCUT2D eigenvalue weighted by Gasteiger charge is 2.24. The Bertz CT molecular complexity index is 533. The number of nitrogens with zero attached hydrogens (tertiary/aromatic N) is 2. The summed E-state index contributed by atoms with van der Waals surface area (Å²) in [5.74, 6) is 0.185. The van der Waals surface area contributed by atoms with Crippen molar-refractivity contribution < 1.29 is 14.3 Å². The lowest BCUT2D eigenvalue weighted by Gasteiger charge is -2.33. The van der Waals surface area contributed by atoms with Crippen LogP contribution >= 0.6 is 0 Å². The van der Waals surface area contributed by atoms with E-state index in [2.05, 4.69) is 11.9 Å². The Morgan fingerprint density at radius 1 is 1.50 bits per heavy atom. The average molecular weight is 305 g/mol. The van der Waals surface area contributed by atoms with E-state index in [1.165, 1.54) is 6.20 Å². The molecule has 2 heterocycles. The second-order valence-corrected chi connectivity index (χ2v) is 5.57. The fourth-order valence-electron chi connectivity index (χ4n) is 2.56. The van der Waals surface area contributed by atoms with Gasteiger partial charge in [-0.25, -0.2) is 0 Å². The van der Waals surface area contributed by atoms with Crippen LogP contribution in [0.4, 0.5) is 0 Å². The quantitative estimate of drug-likeness (QED) is 0.867. The monoisotopic (exact) mass is 305 g/mol. The normalized spacial score (nSPS) is 18.0. The third-order valence-corrected chi connectivity index (χ3v) is 3.76. The minimum atomic E-state index is -0.578. The van der Waals surface area contributed by atoms with Gasteiger partial charge in [0, 0.05) is 25.2 Å². The Balaban J connectivity index is 1.94. The number of aromatic nitrogens is 1. The first-order valence-corrected chi connectivity index (χ1v) is 7.80. The molecule has 0 bridgehead atoms. The fourth-order valence-corrected chi connectivity index (χ4v) is 2.56. The minimum absolute atomic E-state index is 0.0533. The van der Waals surface area contributed by atoms with E-state index in [4.69, 9.17) is 10.5 Å². The lowest BCUT2D eigenvalue weighted by Crippen LogP contribution is -2.44. The molecular formula is C16H23N3O3. The minimum Gasteiger partial charge on any atom is -0.488 e. The van der Waals surface area contributed by atoms with Gasteiger partial charge in [0.05, 0.1) is 6.54 Å². The molecule has 6 nitrogen and oxygen atoms in total. The van der Waals surface area contributed by atoms with Crippen LogP contribution in [-0.2, 0) is 4.79 Å². The summed E-state index contributed by atoms with van der Waals surface area (Å²) in [4.78, 5) is 29.0. The van der Waals surface area contributed by atoms with Crippen LogP contribution in [0.15, 0.2) is 18.3 Å². The molecule has 0 radical (unpaired) electrons. The maximum absolute atomic E-state index is 12.1. The smallest absolute Gasteiger partial charge is 0.267 e. The van der Waals surface area contributed by atoms with E-state index in [-0.39, 0.29) is 17.7 Å². The zero-order chi connectivity index (χ0) is 15.9. The molecule has 1 aliphatic rings. The topological polar surface area (TPSA) is 85.5 Å². The van der Waals surface area contributed by atoms with Crippen LogP contribution in [0.2, 0.25) is 0 Å². The summed E-state index contributed by atoms with van der Waals surface area (Å²) in [6, 6.07) is 3.24. The first kappa shape index (κ1) is 16.3. The van der Waals surface area contributed by atoms with Crippen LogP contribution in [0, 0.1) is 0 Å². The highest BCUT2D eigenvalue weighted by atomic mass is 16.5. The van der Waals surface area contributed by atoms with Gasteiger partial charge in [0.2, 0.25) is 5.91 Å². The van der Waals surface area contributed by atoms with Gasteiger partial charge >= 0.3 is 0 Å². The standard InChI is InChI=1S/C16H23N3O3/c1-2-3-6-15(20)19-9-4-5-13(11-19)22-12-7-8-18-14(10-12)16(17)21/h7-8,10,13H,2-6,9,11H2,1H3,(H2,17,21). The highest BCUT2D eigenvalue weighted by molar-refractivity contribution is 5.91. The number of ether oxygens (including phenoxy) is 1. The maximum Gasteiger partial charge on any atom is 0.267 e. The van der Waals surface area contributed by atoms with Crippen LogP contribution in [0.3, 0.4) is 0 Å². The Kier molecular flexibility index (Phi) is 5.75. The molecule has 1 unspecified atom stereocenters. The van der Waals surface area contributed by atoms with Gasteiger partial charge in [0.1, 0.15) is 17.5 Å². The SMILES string of the molecule is CCCCC(=O)N1CCCC(Oc2ccnc(C(N)=O)c2)C1. The molecule has 1 aromatic heterocycles. The summed E-state index contributed by atoms with van der Waals surface area (Å²) in [5.41, 5.74) is 5.40. The number of nitrogens with two attached hydrogens (primary N) is 1. The van der Waals surface area contributed by atoms with Crippen molar-refractivity contribution in [3.05, 3.63) is 24.0 Å². The zero-order valence-electron chi connectivity index (χ0n) is 13.0. The molecular weight excluding hydrogens is 282 g/mol. The third kappa shape index (κ3) is 4.44. The molecule has 120 valence electrons. The molecule has 1 fully saturated rings. The predicted octanol–water partition coefficient (Wildman–Crippen LogP) is 1.74. The van der Waals surface area contributed by atoms with Gasteiger partial charge in [-0.15, -0.1) is 0 Å². The molecule has 0 spiro atoms. The van der Waals surface area contributed by atoms with E-state index in [9.17, 15) is 9.59 Å². The van der Waals surface area contributed by atoms with Crippen LogP contribution in [-0.4, -0.2) is 40.9 Å². The molecule has 1 atom stereocenters. The van der Waals surface area contributed by atoms with Gasteiger partial charge in [0.25, 0.3) is 5.91 Å². The van der Waals surface area contributed by atoms with Crippen LogP contribution in [0.1, 0.15) is 49.5 Å². The summed E-state index contributed by atoms with van der Waals surface area (Å²) >= 11 is 0. The van der Waals surface area contributed by atoms with Crippen LogP contribution < -0.4 is 10.5 Å². The van der Waals surface area contributed by atoms with Crippen molar-refractivity contribution in [3.8, 4) is 5.75 Å². The second kappa shape index (κ2) is 7.77. The lowest BCUT2D eigenvalue weighted by molar-refractivity contribution is -0.133. The molecule has 1 aliphatic heterocycles.